The van der Waals surface area contributed by atoms with Crippen molar-refractivity contribution in [2.45, 2.75) is 13.8 Å². The molecule has 5 heteroatoms. The average molecular weight is 262 g/mol. The predicted molar refractivity (Wildman–Crippen MR) is 71.7 cm³/mol. The third-order valence-corrected chi connectivity index (χ3v) is 2.13. The average Bonchev–Trinajstić information content (AvgIpc) is 2.42. The Hall–Kier alpha value is -2.06. The molecule has 0 radical (unpaired) electrons. The van der Waals surface area contributed by atoms with Gasteiger partial charge in [-0.25, -0.2) is 0 Å². The Labute approximate surface area is 113 Å². The Morgan fingerprint density at radius 2 is 2.26 bits per heavy atom. The van der Waals surface area contributed by atoms with Crippen LogP contribution in [0.5, 0.6) is 5.75 Å². The second-order valence-corrected chi connectivity index (χ2v) is 3.69. The molecule has 19 heavy (non-hydrogen) atoms. The summed E-state index contributed by atoms with van der Waals surface area (Å²) in [5.74, 6) is 6.11. The van der Waals surface area contributed by atoms with Gasteiger partial charge in [0, 0.05) is 12.3 Å². The largest absolute Gasteiger partial charge is 0.479 e. The number of aryl methyl sites for hydroxylation is 1. The van der Waals surface area contributed by atoms with Gasteiger partial charge in [0.2, 0.25) is 5.91 Å². The highest BCUT2D eigenvalue weighted by atomic mass is 16.5. The maximum absolute atomic E-state index is 11.1. The van der Waals surface area contributed by atoms with Gasteiger partial charge in [-0.15, -0.1) is 0 Å². The zero-order valence-corrected chi connectivity index (χ0v) is 11.2. The van der Waals surface area contributed by atoms with Gasteiger partial charge in [0.05, 0.1) is 12.7 Å². The first kappa shape index (κ1) is 15.0. The number of nitrogens with zero attached hydrogens (tertiary/aromatic N) is 1. The van der Waals surface area contributed by atoms with E-state index in [4.69, 9.17) is 9.47 Å². The fourth-order valence-electron chi connectivity index (χ4n) is 1.16. The maximum atomic E-state index is 11.1. The number of pyridine rings is 1. The predicted octanol–water partition coefficient (Wildman–Crippen LogP) is 0.925. The molecule has 0 atom stereocenters. The summed E-state index contributed by atoms with van der Waals surface area (Å²) in [6.07, 6.45) is 1.65. The molecule has 0 fully saturated rings. The first-order valence-electron chi connectivity index (χ1n) is 6.08. The van der Waals surface area contributed by atoms with Gasteiger partial charge in [-0.05, 0) is 26.0 Å². The van der Waals surface area contributed by atoms with E-state index in [1.54, 1.807) is 6.20 Å². The fraction of sp³-hybridized carbons (Fsp3) is 0.429. The van der Waals surface area contributed by atoms with Crippen LogP contribution in [-0.2, 0) is 9.53 Å². The lowest BCUT2D eigenvalue weighted by Gasteiger charge is -2.01. The van der Waals surface area contributed by atoms with Crippen molar-refractivity contribution in [1.29, 1.82) is 0 Å². The highest BCUT2D eigenvalue weighted by molar-refractivity contribution is 5.77. The number of carbonyl (C=O) groups is 1. The van der Waals surface area contributed by atoms with Crippen LogP contribution < -0.4 is 10.1 Å². The van der Waals surface area contributed by atoms with Crippen molar-refractivity contribution in [1.82, 2.24) is 10.3 Å². The van der Waals surface area contributed by atoms with E-state index in [0.717, 1.165) is 5.69 Å². The summed E-state index contributed by atoms with van der Waals surface area (Å²) in [5, 5.41) is 2.62. The molecule has 0 saturated heterocycles. The minimum Gasteiger partial charge on any atom is -0.479 e. The Kier molecular flexibility index (Phi) is 7.06. The van der Waals surface area contributed by atoms with Gasteiger partial charge in [0.1, 0.15) is 19.0 Å². The number of carbonyl (C=O) groups excluding carboxylic acids is 1. The number of aromatic nitrogens is 1. The quantitative estimate of drug-likeness (QED) is 0.775. The normalized spacial score (nSPS) is 9.37. The molecule has 0 aliphatic carbocycles. The molecule has 1 aromatic heterocycles. The van der Waals surface area contributed by atoms with E-state index in [1.165, 1.54) is 0 Å². The molecule has 0 saturated carbocycles. The first-order chi connectivity index (χ1) is 9.22. The van der Waals surface area contributed by atoms with E-state index in [2.05, 4.69) is 22.1 Å². The van der Waals surface area contributed by atoms with Crippen molar-refractivity contribution in [3.8, 4) is 17.6 Å². The van der Waals surface area contributed by atoms with Gasteiger partial charge in [-0.2, -0.15) is 0 Å². The summed E-state index contributed by atoms with van der Waals surface area (Å²) >= 11 is 0. The number of nitrogens with one attached hydrogen (secondary N) is 1. The Bertz CT molecular complexity index is 446. The molecule has 0 aliphatic rings. The summed E-state index contributed by atoms with van der Waals surface area (Å²) in [5.41, 5.74) is 0.940. The standard InChI is InChI=1S/C14H18N2O3/c1-3-18-11-14(17)15-8-4-5-9-19-13-7-6-12(2)16-10-13/h6-7,10H,3,8-9,11H2,1-2H3,(H,15,17). The number of rotatable bonds is 6. The van der Waals surface area contributed by atoms with Crippen LogP contribution in [0.3, 0.4) is 0 Å². The fourth-order valence-corrected chi connectivity index (χ4v) is 1.16. The van der Waals surface area contributed by atoms with E-state index in [1.807, 2.05) is 26.0 Å². The van der Waals surface area contributed by atoms with Crippen LogP contribution in [0.15, 0.2) is 18.3 Å². The van der Waals surface area contributed by atoms with Crippen LogP contribution >= 0.6 is 0 Å². The lowest BCUT2D eigenvalue weighted by atomic mass is 10.4. The minimum atomic E-state index is -0.167. The molecule has 5 nitrogen and oxygen atoms in total. The molecular weight excluding hydrogens is 244 g/mol. The van der Waals surface area contributed by atoms with Gasteiger partial charge >= 0.3 is 0 Å². The monoisotopic (exact) mass is 262 g/mol. The SMILES string of the molecule is CCOCC(=O)NCC#CCOc1ccc(C)nc1. The van der Waals surface area contributed by atoms with Gasteiger partial charge < -0.3 is 14.8 Å². The van der Waals surface area contributed by atoms with Crippen molar-refractivity contribution >= 4 is 5.91 Å². The van der Waals surface area contributed by atoms with Crippen molar-refractivity contribution in [3.63, 3.8) is 0 Å². The smallest absolute Gasteiger partial charge is 0.246 e. The molecule has 1 rings (SSSR count). The van der Waals surface area contributed by atoms with Crippen molar-refractivity contribution in [3.05, 3.63) is 24.0 Å². The molecule has 0 unspecified atom stereocenters. The molecule has 0 aliphatic heterocycles. The Balaban J connectivity index is 2.14. The third kappa shape index (κ3) is 7.06. The molecule has 0 bridgehead atoms. The summed E-state index contributed by atoms with van der Waals surface area (Å²) in [7, 11) is 0. The lowest BCUT2D eigenvalue weighted by Crippen LogP contribution is -2.27. The Morgan fingerprint density at radius 3 is 2.95 bits per heavy atom. The second kappa shape index (κ2) is 8.95. The second-order valence-electron chi connectivity index (χ2n) is 3.69. The molecule has 0 spiro atoms. The highest BCUT2D eigenvalue weighted by Gasteiger charge is 1.96. The van der Waals surface area contributed by atoms with Gasteiger partial charge in [-0.3, -0.25) is 9.78 Å². The molecule has 1 aromatic rings. The van der Waals surface area contributed by atoms with Gasteiger partial charge in [-0.1, -0.05) is 11.8 Å². The zero-order valence-electron chi connectivity index (χ0n) is 11.2. The number of amides is 1. The third-order valence-electron chi connectivity index (χ3n) is 2.13. The molecule has 1 heterocycles. The summed E-state index contributed by atoms with van der Waals surface area (Å²) in [6.45, 7) is 4.91. The van der Waals surface area contributed by atoms with Crippen LogP contribution in [0.25, 0.3) is 0 Å². The van der Waals surface area contributed by atoms with Crippen LogP contribution in [-0.4, -0.2) is 37.3 Å². The van der Waals surface area contributed by atoms with Gasteiger partial charge in [0.15, 0.2) is 0 Å². The van der Waals surface area contributed by atoms with Crippen molar-refractivity contribution in [2.75, 3.05) is 26.4 Å². The molecular formula is C14H18N2O3. The number of hydrogen-bond donors (Lipinski definition) is 1. The Morgan fingerprint density at radius 1 is 1.42 bits per heavy atom. The van der Waals surface area contributed by atoms with Crippen LogP contribution in [0.1, 0.15) is 12.6 Å². The van der Waals surface area contributed by atoms with Crippen LogP contribution in [0, 0.1) is 18.8 Å². The molecule has 0 aromatic carbocycles. The van der Waals surface area contributed by atoms with E-state index < -0.39 is 0 Å². The number of ether oxygens (including phenoxy) is 2. The maximum Gasteiger partial charge on any atom is 0.246 e. The van der Waals surface area contributed by atoms with Crippen LogP contribution in [0.4, 0.5) is 0 Å². The van der Waals surface area contributed by atoms with Crippen LogP contribution in [0.2, 0.25) is 0 Å². The van der Waals surface area contributed by atoms with E-state index >= 15 is 0 Å². The molecule has 102 valence electrons. The molecule has 1 amide bonds. The summed E-state index contributed by atoms with van der Waals surface area (Å²) in [4.78, 5) is 15.2. The number of hydrogen-bond acceptors (Lipinski definition) is 4. The van der Waals surface area contributed by atoms with E-state index in [-0.39, 0.29) is 19.1 Å². The highest BCUT2D eigenvalue weighted by Crippen LogP contribution is 2.07. The van der Waals surface area contributed by atoms with E-state index in [9.17, 15) is 4.79 Å². The van der Waals surface area contributed by atoms with Crippen molar-refractivity contribution < 1.29 is 14.3 Å². The molecule has 1 N–H and O–H groups in total. The van der Waals surface area contributed by atoms with E-state index in [0.29, 0.717) is 18.9 Å². The topological polar surface area (TPSA) is 60.5 Å². The lowest BCUT2D eigenvalue weighted by molar-refractivity contribution is -0.125. The van der Waals surface area contributed by atoms with Crippen molar-refractivity contribution in [2.24, 2.45) is 0 Å². The van der Waals surface area contributed by atoms with Gasteiger partial charge in [0.25, 0.3) is 0 Å². The minimum absolute atomic E-state index is 0.0731. The zero-order chi connectivity index (χ0) is 13.9. The summed E-state index contributed by atoms with van der Waals surface area (Å²) < 4.78 is 10.3. The first-order valence-corrected chi connectivity index (χ1v) is 6.08. The summed E-state index contributed by atoms with van der Waals surface area (Å²) in [6, 6.07) is 3.71.